The molecule has 1 aromatic carbocycles. The number of nitrogens with one attached hydrogen (secondary N) is 3. The van der Waals surface area contributed by atoms with Crippen molar-refractivity contribution in [3.05, 3.63) is 35.6 Å². The van der Waals surface area contributed by atoms with Crippen LogP contribution in [0.4, 0.5) is 4.39 Å². The van der Waals surface area contributed by atoms with Gasteiger partial charge >= 0.3 is 0 Å². The fourth-order valence-corrected chi connectivity index (χ4v) is 2.54. The highest BCUT2D eigenvalue weighted by molar-refractivity contribution is 14.0. The van der Waals surface area contributed by atoms with Crippen molar-refractivity contribution >= 4 is 35.8 Å². The molecular weight excluding hydrogens is 422 g/mol. The number of guanidine groups is 1. The number of benzene rings is 1. The predicted molar refractivity (Wildman–Crippen MR) is 105 cm³/mol. The smallest absolute Gasteiger partial charge is 0.220 e. The molecule has 7 heteroatoms. The Morgan fingerprint density at radius 1 is 1.46 bits per heavy atom. The number of piperidine rings is 1. The first-order chi connectivity index (χ1) is 11.2. The van der Waals surface area contributed by atoms with Gasteiger partial charge in [0.25, 0.3) is 0 Å². The summed E-state index contributed by atoms with van der Waals surface area (Å²) in [7, 11) is 0. The van der Waals surface area contributed by atoms with Gasteiger partial charge in [-0.3, -0.25) is 9.79 Å². The van der Waals surface area contributed by atoms with Crippen LogP contribution in [0, 0.1) is 5.82 Å². The third-order valence-electron chi connectivity index (χ3n) is 3.73. The zero-order valence-electron chi connectivity index (χ0n) is 14.0. The summed E-state index contributed by atoms with van der Waals surface area (Å²) < 4.78 is 13.1. The van der Waals surface area contributed by atoms with Crippen molar-refractivity contribution in [3.8, 4) is 0 Å². The van der Waals surface area contributed by atoms with E-state index in [2.05, 4.69) is 20.9 Å². The fourth-order valence-electron chi connectivity index (χ4n) is 2.54. The lowest BCUT2D eigenvalue weighted by atomic mass is 10.1. The highest BCUT2D eigenvalue weighted by Gasteiger charge is 2.18. The predicted octanol–water partition coefficient (Wildman–Crippen LogP) is 2.21. The molecule has 134 valence electrons. The Balaban J connectivity index is 0.00000288. The molecular formula is C17H26FIN4O. The Hall–Kier alpha value is -1.38. The maximum Gasteiger partial charge on any atom is 0.220 e. The van der Waals surface area contributed by atoms with Crippen LogP contribution in [-0.4, -0.2) is 37.5 Å². The van der Waals surface area contributed by atoms with Crippen molar-refractivity contribution in [3.63, 3.8) is 0 Å². The van der Waals surface area contributed by atoms with Crippen LogP contribution in [0.25, 0.3) is 0 Å². The van der Waals surface area contributed by atoms with Crippen LogP contribution in [0.1, 0.15) is 31.7 Å². The quantitative estimate of drug-likeness (QED) is 0.271. The minimum Gasteiger partial charge on any atom is -0.357 e. The lowest BCUT2D eigenvalue weighted by Gasteiger charge is -2.25. The number of rotatable bonds is 6. The molecule has 1 aliphatic rings. The Kier molecular flexibility index (Phi) is 9.66. The third kappa shape index (κ3) is 7.46. The molecule has 2 rings (SSSR count). The molecule has 1 heterocycles. The zero-order valence-corrected chi connectivity index (χ0v) is 16.3. The van der Waals surface area contributed by atoms with Crippen molar-refractivity contribution in [2.45, 2.75) is 38.6 Å². The van der Waals surface area contributed by atoms with Crippen molar-refractivity contribution < 1.29 is 9.18 Å². The van der Waals surface area contributed by atoms with Crippen LogP contribution in [0.3, 0.4) is 0 Å². The summed E-state index contributed by atoms with van der Waals surface area (Å²) in [5.41, 5.74) is 0.994. The highest BCUT2D eigenvalue weighted by Crippen LogP contribution is 2.06. The maximum atomic E-state index is 13.1. The van der Waals surface area contributed by atoms with Gasteiger partial charge in [0.05, 0.1) is 0 Å². The maximum absolute atomic E-state index is 13.1. The Labute approximate surface area is 159 Å². The second-order valence-electron chi connectivity index (χ2n) is 5.68. The number of halogens is 2. The number of nitrogens with zero attached hydrogens (tertiary/aromatic N) is 1. The standard InChI is InChI=1S/C17H25FN4O.HI/c1-2-19-17(22-15-8-9-16(23)21-12-15)20-10-4-6-13-5-3-7-14(18)11-13;/h3,5,7,11,15H,2,4,6,8-10,12H2,1H3,(H,21,23)(H2,19,20,22);1H. The molecule has 0 saturated carbocycles. The molecule has 1 saturated heterocycles. The van der Waals surface area contributed by atoms with E-state index in [9.17, 15) is 9.18 Å². The number of hydrogen-bond acceptors (Lipinski definition) is 2. The highest BCUT2D eigenvalue weighted by atomic mass is 127. The van der Waals surface area contributed by atoms with E-state index in [1.165, 1.54) is 6.07 Å². The first kappa shape index (κ1) is 20.7. The number of carbonyl (C=O) groups is 1. The molecule has 0 aliphatic carbocycles. The largest absolute Gasteiger partial charge is 0.357 e. The number of carbonyl (C=O) groups excluding carboxylic acids is 1. The van der Waals surface area contributed by atoms with E-state index in [-0.39, 0.29) is 41.7 Å². The van der Waals surface area contributed by atoms with Crippen LogP contribution < -0.4 is 16.0 Å². The number of aryl methyl sites for hydroxylation is 1. The number of aliphatic imine (C=N–C) groups is 1. The van der Waals surface area contributed by atoms with E-state index in [1.54, 1.807) is 12.1 Å². The Bertz CT molecular complexity index is 543. The van der Waals surface area contributed by atoms with E-state index in [1.807, 2.05) is 13.0 Å². The molecule has 24 heavy (non-hydrogen) atoms. The summed E-state index contributed by atoms with van der Waals surface area (Å²) in [6.07, 6.45) is 3.04. The van der Waals surface area contributed by atoms with Crippen molar-refractivity contribution in [1.29, 1.82) is 0 Å². The molecule has 1 aliphatic heterocycles. The van der Waals surface area contributed by atoms with E-state index >= 15 is 0 Å². The molecule has 1 unspecified atom stereocenters. The first-order valence-electron chi connectivity index (χ1n) is 8.23. The van der Waals surface area contributed by atoms with Gasteiger partial charge in [0, 0.05) is 32.1 Å². The van der Waals surface area contributed by atoms with Crippen molar-refractivity contribution in [1.82, 2.24) is 16.0 Å². The molecule has 0 aromatic heterocycles. The molecule has 5 nitrogen and oxygen atoms in total. The molecule has 1 amide bonds. The van der Waals surface area contributed by atoms with Crippen LogP contribution in [0.5, 0.6) is 0 Å². The number of amides is 1. The van der Waals surface area contributed by atoms with Gasteiger partial charge < -0.3 is 16.0 Å². The van der Waals surface area contributed by atoms with Gasteiger partial charge in [0.2, 0.25) is 5.91 Å². The lowest BCUT2D eigenvalue weighted by molar-refractivity contribution is -0.122. The van der Waals surface area contributed by atoms with Gasteiger partial charge in [-0.2, -0.15) is 0 Å². The van der Waals surface area contributed by atoms with Gasteiger partial charge in [-0.25, -0.2) is 4.39 Å². The molecule has 3 N–H and O–H groups in total. The third-order valence-corrected chi connectivity index (χ3v) is 3.73. The summed E-state index contributed by atoms with van der Waals surface area (Å²) in [6, 6.07) is 6.90. The van der Waals surface area contributed by atoms with E-state index in [0.29, 0.717) is 19.5 Å². The van der Waals surface area contributed by atoms with E-state index in [4.69, 9.17) is 0 Å². The van der Waals surface area contributed by atoms with Crippen LogP contribution in [-0.2, 0) is 11.2 Å². The summed E-state index contributed by atoms with van der Waals surface area (Å²) >= 11 is 0. The summed E-state index contributed by atoms with van der Waals surface area (Å²) in [4.78, 5) is 15.7. The van der Waals surface area contributed by atoms with E-state index in [0.717, 1.165) is 37.3 Å². The fraction of sp³-hybridized carbons (Fsp3) is 0.529. The number of hydrogen-bond donors (Lipinski definition) is 3. The summed E-state index contributed by atoms with van der Waals surface area (Å²) in [5.74, 6) is 0.688. The van der Waals surface area contributed by atoms with Gasteiger partial charge in [-0.05, 0) is 43.9 Å². The summed E-state index contributed by atoms with van der Waals surface area (Å²) in [6.45, 7) is 4.11. The van der Waals surface area contributed by atoms with Gasteiger partial charge in [0.15, 0.2) is 5.96 Å². The van der Waals surface area contributed by atoms with Crippen LogP contribution in [0.15, 0.2) is 29.3 Å². The normalized spacial score (nSPS) is 17.7. The second kappa shape index (κ2) is 11.2. The molecule has 0 spiro atoms. The van der Waals surface area contributed by atoms with Gasteiger partial charge in [-0.1, -0.05) is 12.1 Å². The Morgan fingerprint density at radius 2 is 2.29 bits per heavy atom. The van der Waals surface area contributed by atoms with Gasteiger partial charge in [-0.15, -0.1) is 24.0 Å². The van der Waals surface area contributed by atoms with Gasteiger partial charge in [0.1, 0.15) is 5.82 Å². The molecule has 1 fully saturated rings. The average molecular weight is 448 g/mol. The minimum atomic E-state index is -0.194. The average Bonchev–Trinajstić information content (AvgIpc) is 2.54. The molecule has 1 aromatic rings. The first-order valence-corrected chi connectivity index (χ1v) is 8.23. The van der Waals surface area contributed by atoms with Crippen LogP contribution in [0.2, 0.25) is 0 Å². The monoisotopic (exact) mass is 448 g/mol. The van der Waals surface area contributed by atoms with Crippen LogP contribution >= 0.6 is 24.0 Å². The van der Waals surface area contributed by atoms with Crippen molar-refractivity contribution in [2.24, 2.45) is 4.99 Å². The van der Waals surface area contributed by atoms with E-state index < -0.39 is 0 Å². The zero-order chi connectivity index (χ0) is 16.5. The summed E-state index contributed by atoms with van der Waals surface area (Å²) in [5, 5.41) is 9.42. The molecule has 0 bridgehead atoms. The SMILES string of the molecule is CCNC(=NCCCc1cccc(F)c1)NC1CCC(=O)NC1.I. The topological polar surface area (TPSA) is 65.5 Å². The lowest BCUT2D eigenvalue weighted by Crippen LogP contribution is -2.51. The second-order valence-corrected chi connectivity index (χ2v) is 5.68. The van der Waals surface area contributed by atoms with Crippen molar-refractivity contribution in [2.75, 3.05) is 19.6 Å². The molecule has 0 radical (unpaired) electrons. The minimum absolute atomic E-state index is 0. The molecule has 1 atom stereocenters. The Morgan fingerprint density at radius 3 is 2.96 bits per heavy atom.